The lowest BCUT2D eigenvalue weighted by Gasteiger charge is -2.14. The number of hydrogen-bond acceptors (Lipinski definition) is 4. The molecule has 0 radical (unpaired) electrons. The number of ether oxygens (including phenoxy) is 1. The summed E-state index contributed by atoms with van der Waals surface area (Å²) in [4.78, 5) is 12.7. The van der Waals surface area contributed by atoms with Gasteiger partial charge in [-0.1, -0.05) is 11.6 Å². The van der Waals surface area contributed by atoms with Crippen molar-refractivity contribution in [3.05, 3.63) is 45.5 Å². The normalized spacial score (nSPS) is 12.3. The highest BCUT2D eigenvalue weighted by molar-refractivity contribution is 7.16. The number of furan rings is 1. The topological polar surface area (TPSA) is 51.5 Å². The zero-order chi connectivity index (χ0) is 13.0. The summed E-state index contributed by atoms with van der Waals surface area (Å²) in [6, 6.07) is 5.32. The van der Waals surface area contributed by atoms with Gasteiger partial charge in [-0.2, -0.15) is 0 Å². The molecular weight excluding hydrogens is 274 g/mol. The molecule has 96 valence electrons. The molecule has 0 bridgehead atoms. The maximum atomic E-state index is 11.7. The molecule has 2 aromatic rings. The smallest absolute Gasteiger partial charge is 0.254 e. The fourth-order valence-corrected chi connectivity index (χ4v) is 2.62. The van der Waals surface area contributed by atoms with Crippen LogP contribution in [0.1, 0.15) is 21.3 Å². The molecule has 0 aromatic carbocycles. The van der Waals surface area contributed by atoms with Gasteiger partial charge < -0.3 is 14.5 Å². The van der Waals surface area contributed by atoms with E-state index in [1.54, 1.807) is 13.2 Å². The first-order chi connectivity index (χ1) is 8.70. The molecule has 1 atom stereocenters. The van der Waals surface area contributed by atoms with Crippen molar-refractivity contribution < 1.29 is 13.9 Å². The van der Waals surface area contributed by atoms with Gasteiger partial charge in [0.15, 0.2) is 0 Å². The van der Waals surface area contributed by atoms with Crippen molar-refractivity contribution in [2.45, 2.75) is 6.10 Å². The van der Waals surface area contributed by atoms with Gasteiger partial charge in [-0.15, -0.1) is 11.3 Å². The summed E-state index contributed by atoms with van der Waals surface area (Å²) >= 11 is 7.31. The lowest BCUT2D eigenvalue weighted by Crippen LogP contribution is -2.28. The van der Waals surface area contributed by atoms with E-state index in [1.165, 1.54) is 23.9 Å². The predicted molar refractivity (Wildman–Crippen MR) is 70.1 cm³/mol. The van der Waals surface area contributed by atoms with Gasteiger partial charge in [-0.3, -0.25) is 4.79 Å². The van der Waals surface area contributed by atoms with Gasteiger partial charge in [0.2, 0.25) is 0 Å². The van der Waals surface area contributed by atoms with E-state index in [9.17, 15) is 4.79 Å². The van der Waals surface area contributed by atoms with Crippen LogP contribution < -0.4 is 5.32 Å². The van der Waals surface area contributed by atoms with Gasteiger partial charge in [0.1, 0.15) is 12.4 Å². The molecule has 18 heavy (non-hydrogen) atoms. The Morgan fingerprint density at radius 3 is 2.94 bits per heavy atom. The lowest BCUT2D eigenvalue weighted by atomic mass is 10.2. The molecule has 2 rings (SSSR count). The van der Waals surface area contributed by atoms with Gasteiger partial charge in [0, 0.05) is 18.5 Å². The number of rotatable bonds is 5. The van der Waals surface area contributed by atoms with E-state index < -0.39 is 0 Å². The van der Waals surface area contributed by atoms with Crippen molar-refractivity contribution in [1.82, 2.24) is 5.32 Å². The summed E-state index contributed by atoms with van der Waals surface area (Å²) in [5, 5.41) is 2.78. The highest BCUT2D eigenvalue weighted by Gasteiger charge is 2.15. The van der Waals surface area contributed by atoms with Crippen LogP contribution >= 0.6 is 22.9 Å². The fraction of sp³-hybridized carbons (Fsp3) is 0.250. The molecule has 0 saturated heterocycles. The number of carbonyl (C=O) groups excluding carboxylic acids is 1. The highest BCUT2D eigenvalue weighted by Crippen LogP contribution is 2.28. The van der Waals surface area contributed by atoms with E-state index in [2.05, 4.69) is 5.32 Å². The van der Waals surface area contributed by atoms with Crippen LogP contribution in [-0.2, 0) is 4.74 Å². The zero-order valence-electron chi connectivity index (χ0n) is 9.68. The quantitative estimate of drug-likeness (QED) is 0.918. The predicted octanol–water partition coefficient (Wildman–Crippen LogP) is 3.11. The first kappa shape index (κ1) is 13.1. The average Bonchev–Trinajstić information content (AvgIpc) is 3.01. The van der Waals surface area contributed by atoms with Crippen LogP contribution in [0.15, 0.2) is 35.1 Å². The van der Waals surface area contributed by atoms with Crippen LogP contribution in [0.25, 0.3) is 0 Å². The standard InChI is InChI=1S/C12H12ClNO3S/c1-16-9(10-2-3-11(13)18-10)6-14-12(15)8-4-5-17-7-8/h2-5,7,9H,6H2,1H3,(H,14,15)/t9-/m1/s1. The number of nitrogens with one attached hydrogen (secondary N) is 1. The van der Waals surface area contributed by atoms with Gasteiger partial charge in [0.05, 0.1) is 16.2 Å². The zero-order valence-corrected chi connectivity index (χ0v) is 11.3. The van der Waals surface area contributed by atoms with E-state index in [4.69, 9.17) is 20.8 Å². The van der Waals surface area contributed by atoms with E-state index in [0.717, 1.165) is 4.88 Å². The van der Waals surface area contributed by atoms with Crippen LogP contribution in [0.5, 0.6) is 0 Å². The Hall–Kier alpha value is -1.30. The summed E-state index contributed by atoms with van der Waals surface area (Å²) in [5.41, 5.74) is 0.495. The molecule has 0 aliphatic rings. The molecule has 0 fully saturated rings. The van der Waals surface area contributed by atoms with Gasteiger partial charge in [-0.05, 0) is 18.2 Å². The highest BCUT2D eigenvalue weighted by atomic mass is 35.5. The summed E-state index contributed by atoms with van der Waals surface area (Å²) in [6.07, 6.45) is 2.67. The van der Waals surface area contributed by atoms with Crippen LogP contribution in [0, 0.1) is 0 Å². The van der Waals surface area contributed by atoms with Crippen LogP contribution in [0.4, 0.5) is 0 Å². The second-order valence-corrected chi connectivity index (χ2v) is 5.33. The van der Waals surface area contributed by atoms with Crippen molar-refractivity contribution in [2.24, 2.45) is 0 Å². The van der Waals surface area contributed by atoms with E-state index in [1.807, 2.05) is 12.1 Å². The number of thiophene rings is 1. The second-order valence-electron chi connectivity index (χ2n) is 3.59. The molecule has 6 heteroatoms. The van der Waals surface area contributed by atoms with Gasteiger partial charge in [0.25, 0.3) is 5.91 Å². The number of methoxy groups -OCH3 is 1. The Kier molecular flexibility index (Phi) is 4.41. The molecule has 0 spiro atoms. The number of halogens is 1. The fourth-order valence-electron chi connectivity index (χ4n) is 1.48. The van der Waals surface area contributed by atoms with E-state index >= 15 is 0 Å². The second kappa shape index (κ2) is 6.04. The van der Waals surface area contributed by atoms with Crippen molar-refractivity contribution in [3.8, 4) is 0 Å². The largest absolute Gasteiger partial charge is 0.472 e. The molecule has 2 heterocycles. The number of hydrogen-bond donors (Lipinski definition) is 1. The Morgan fingerprint density at radius 1 is 1.56 bits per heavy atom. The minimum absolute atomic E-state index is 0.187. The summed E-state index contributed by atoms with van der Waals surface area (Å²) in [7, 11) is 1.60. The Labute approximate surface area is 114 Å². The van der Waals surface area contributed by atoms with Gasteiger partial charge in [-0.25, -0.2) is 0 Å². The van der Waals surface area contributed by atoms with E-state index in [-0.39, 0.29) is 12.0 Å². The maximum Gasteiger partial charge on any atom is 0.254 e. The van der Waals surface area contributed by atoms with Crippen LogP contribution in [0.3, 0.4) is 0 Å². The first-order valence-electron chi connectivity index (χ1n) is 5.29. The van der Waals surface area contributed by atoms with Crippen LogP contribution in [0.2, 0.25) is 4.34 Å². The molecule has 1 N–H and O–H groups in total. The minimum atomic E-state index is -0.196. The monoisotopic (exact) mass is 285 g/mol. The number of carbonyl (C=O) groups is 1. The van der Waals surface area contributed by atoms with Gasteiger partial charge >= 0.3 is 0 Å². The molecule has 0 aliphatic heterocycles. The lowest BCUT2D eigenvalue weighted by molar-refractivity contribution is 0.0837. The molecule has 0 unspecified atom stereocenters. The Morgan fingerprint density at radius 2 is 2.39 bits per heavy atom. The van der Waals surface area contributed by atoms with Crippen molar-refractivity contribution in [3.63, 3.8) is 0 Å². The maximum absolute atomic E-state index is 11.7. The molecule has 0 aliphatic carbocycles. The third kappa shape index (κ3) is 3.13. The SMILES string of the molecule is CO[C@H](CNC(=O)c1ccoc1)c1ccc(Cl)s1. The Bertz CT molecular complexity index is 509. The van der Waals surface area contributed by atoms with Crippen molar-refractivity contribution in [1.29, 1.82) is 0 Å². The summed E-state index contributed by atoms with van der Waals surface area (Å²) < 4.78 is 10.9. The Balaban J connectivity index is 1.94. The molecule has 2 aromatic heterocycles. The molecule has 4 nitrogen and oxygen atoms in total. The average molecular weight is 286 g/mol. The first-order valence-corrected chi connectivity index (χ1v) is 6.48. The summed E-state index contributed by atoms with van der Waals surface area (Å²) in [6.45, 7) is 0.386. The molecular formula is C12H12ClNO3S. The third-order valence-electron chi connectivity index (χ3n) is 2.43. The number of amides is 1. The molecule has 0 saturated carbocycles. The molecule has 1 amide bonds. The van der Waals surface area contributed by atoms with Crippen molar-refractivity contribution >= 4 is 28.8 Å². The van der Waals surface area contributed by atoms with Crippen molar-refractivity contribution in [2.75, 3.05) is 13.7 Å². The van der Waals surface area contributed by atoms with E-state index in [0.29, 0.717) is 16.4 Å². The summed E-state index contributed by atoms with van der Waals surface area (Å²) in [5.74, 6) is -0.187. The minimum Gasteiger partial charge on any atom is -0.472 e. The van der Waals surface area contributed by atoms with Crippen LogP contribution in [-0.4, -0.2) is 19.6 Å². The third-order valence-corrected chi connectivity index (χ3v) is 3.75.